The van der Waals surface area contributed by atoms with Crippen LogP contribution in [-0.2, 0) is 17.8 Å². The first kappa shape index (κ1) is 11.6. The van der Waals surface area contributed by atoms with E-state index in [9.17, 15) is 4.79 Å². The Hall–Kier alpha value is -1.87. The van der Waals surface area contributed by atoms with Crippen molar-refractivity contribution in [2.75, 3.05) is 0 Å². The van der Waals surface area contributed by atoms with Gasteiger partial charge in [0.15, 0.2) is 0 Å². The second-order valence-electron chi connectivity index (χ2n) is 3.83. The maximum absolute atomic E-state index is 10.3. The number of hydrogen-bond donors (Lipinski definition) is 1. The Morgan fingerprint density at radius 2 is 1.88 bits per heavy atom. The zero-order chi connectivity index (χ0) is 12.1. The van der Waals surface area contributed by atoms with Gasteiger partial charge < -0.3 is 14.3 Å². The minimum absolute atomic E-state index is 0.0447. The molecule has 0 radical (unpaired) electrons. The Balaban J connectivity index is 2.15. The van der Waals surface area contributed by atoms with Gasteiger partial charge in [-0.05, 0) is 17.7 Å². The van der Waals surface area contributed by atoms with Gasteiger partial charge in [0.05, 0.1) is 6.61 Å². The Labute approximate surface area is 99.7 Å². The van der Waals surface area contributed by atoms with E-state index in [4.69, 9.17) is 9.52 Å². The van der Waals surface area contributed by atoms with Gasteiger partial charge in [0.25, 0.3) is 0 Å². The molecule has 0 bridgehead atoms. The van der Waals surface area contributed by atoms with Gasteiger partial charge >= 0.3 is 0 Å². The Morgan fingerprint density at radius 1 is 1.12 bits per heavy atom. The molecule has 0 fully saturated rings. The van der Waals surface area contributed by atoms with Crippen molar-refractivity contribution in [2.24, 2.45) is 0 Å². The van der Waals surface area contributed by atoms with Crippen molar-refractivity contribution >= 4 is 6.29 Å². The molecular weight excluding hydrogens is 216 g/mol. The van der Waals surface area contributed by atoms with E-state index in [1.807, 2.05) is 36.4 Å². The average Bonchev–Trinajstić information content (AvgIpc) is 2.85. The van der Waals surface area contributed by atoms with E-state index >= 15 is 0 Å². The van der Waals surface area contributed by atoms with Crippen LogP contribution in [0.2, 0.25) is 0 Å². The van der Waals surface area contributed by atoms with E-state index in [1.54, 1.807) is 0 Å². The zero-order valence-corrected chi connectivity index (χ0v) is 9.43. The lowest BCUT2D eigenvalue weighted by molar-refractivity contribution is -0.107. The van der Waals surface area contributed by atoms with Crippen molar-refractivity contribution in [1.82, 2.24) is 0 Å². The summed E-state index contributed by atoms with van der Waals surface area (Å²) in [7, 11) is 0. The highest BCUT2D eigenvalue weighted by atomic mass is 16.3. The van der Waals surface area contributed by atoms with Crippen LogP contribution in [0, 0.1) is 0 Å². The summed E-state index contributed by atoms with van der Waals surface area (Å²) in [5.41, 5.74) is 1.85. The number of rotatable bonds is 5. The van der Waals surface area contributed by atoms with E-state index in [-0.39, 0.29) is 6.61 Å². The first-order valence-corrected chi connectivity index (χ1v) is 5.56. The van der Waals surface area contributed by atoms with Crippen molar-refractivity contribution < 1.29 is 14.3 Å². The summed E-state index contributed by atoms with van der Waals surface area (Å²) in [5, 5.41) is 8.94. The number of hydrogen-bond acceptors (Lipinski definition) is 3. The molecule has 0 aliphatic rings. The van der Waals surface area contributed by atoms with Gasteiger partial charge in [-0.25, -0.2) is 0 Å². The second kappa shape index (κ2) is 5.46. The lowest BCUT2D eigenvalue weighted by atomic mass is 10.1. The first-order chi connectivity index (χ1) is 8.33. The third-order valence-corrected chi connectivity index (χ3v) is 2.59. The molecule has 88 valence electrons. The van der Waals surface area contributed by atoms with Crippen LogP contribution >= 0.6 is 0 Å². The minimum atomic E-state index is 0.0447. The maximum Gasteiger partial charge on any atom is 0.134 e. The highest BCUT2D eigenvalue weighted by Crippen LogP contribution is 2.23. The predicted molar refractivity (Wildman–Crippen MR) is 64.5 cm³/mol. The fraction of sp³-hybridized carbons (Fsp3) is 0.214. The molecule has 0 amide bonds. The highest BCUT2D eigenvalue weighted by Gasteiger charge is 2.04. The molecule has 3 heteroatoms. The third-order valence-electron chi connectivity index (χ3n) is 2.59. The number of carbonyl (C=O) groups is 1. The predicted octanol–water partition coefficient (Wildman–Crippen LogP) is 2.57. The summed E-state index contributed by atoms with van der Waals surface area (Å²) < 4.78 is 5.62. The molecule has 1 heterocycles. The molecule has 0 spiro atoms. The molecular formula is C14H14O3. The fourth-order valence-electron chi connectivity index (χ4n) is 1.64. The van der Waals surface area contributed by atoms with Crippen LogP contribution in [0.25, 0.3) is 11.3 Å². The van der Waals surface area contributed by atoms with Gasteiger partial charge in [-0.3, -0.25) is 0 Å². The van der Waals surface area contributed by atoms with Gasteiger partial charge in [0.1, 0.15) is 17.8 Å². The molecule has 1 N–H and O–H groups in total. The van der Waals surface area contributed by atoms with Gasteiger partial charge in [-0.2, -0.15) is 0 Å². The van der Waals surface area contributed by atoms with Crippen LogP contribution in [0.5, 0.6) is 0 Å². The molecule has 2 rings (SSSR count). The number of aldehydes is 1. The van der Waals surface area contributed by atoms with Crippen LogP contribution in [0.15, 0.2) is 40.8 Å². The lowest BCUT2D eigenvalue weighted by Crippen LogP contribution is -1.83. The van der Waals surface area contributed by atoms with Crippen LogP contribution in [-0.4, -0.2) is 11.4 Å². The molecule has 3 nitrogen and oxygen atoms in total. The number of aliphatic hydroxyl groups is 1. The smallest absolute Gasteiger partial charge is 0.134 e. The fourth-order valence-corrected chi connectivity index (χ4v) is 1.64. The molecule has 1 aromatic carbocycles. The van der Waals surface area contributed by atoms with Crippen LogP contribution in [0.1, 0.15) is 17.7 Å². The van der Waals surface area contributed by atoms with Crippen LogP contribution < -0.4 is 0 Å². The van der Waals surface area contributed by atoms with E-state index in [2.05, 4.69) is 0 Å². The van der Waals surface area contributed by atoms with Gasteiger partial charge in [0, 0.05) is 18.4 Å². The van der Waals surface area contributed by atoms with Crippen molar-refractivity contribution in [3.05, 3.63) is 47.7 Å². The zero-order valence-electron chi connectivity index (χ0n) is 9.43. The largest absolute Gasteiger partial charge is 0.461 e. The SMILES string of the molecule is O=CCCc1ccc(-c2ccc(CO)cc2)o1. The summed E-state index contributed by atoms with van der Waals surface area (Å²) in [6.07, 6.45) is 2.01. The summed E-state index contributed by atoms with van der Waals surface area (Å²) in [6.45, 7) is 0.0447. The van der Waals surface area contributed by atoms with Crippen molar-refractivity contribution in [2.45, 2.75) is 19.4 Å². The minimum Gasteiger partial charge on any atom is -0.461 e. The average molecular weight is 230 g/mol. The Morgan fingerprint density at radius 3 is 2.53 bits per heavy atom. The Bertz CT molecular complexity index is 482. The monoisotopic (exact) mass is 230 g/mol. The van der Waals surface area contributed by atoms with Gasteiger partial charge in [-0.1, -0.05) is 24.3 Å². The van der Waals surface area contributed by atoms with Gasteiger partial charge in [0.2, 0.25) is 0 Å². The number of aryl methyl sites for hydroxylation is 1. The second-order valence-corrected chi connectivity index (χ2v) is 3.83. The molecule has 17 heavy (non-hydrogen) atoms. The molecule has 0 saturated carbocycles. The summed E-state index contributed by atoms with van der Waals surface area (Å²) in [5.74, 6) is 1.61. The van der Waals surface area contributed by atoms with Crippen LogP contribution in [0.4, 0.5) is 0 Å². The quantitative estimate of drug-likeness (QED) is 0.803. The molecule has 0 saturated heterocycles. The summed E-state index contributed by atoms with van der Waals surface area (Å²) in [4.78, 5) is 10.3. The number of benzene rings is 1. The first-order valence-electron chi connectivity index (χ1n) is 5.56. The lowest BCUT2D eigenvalue weighted by Gasteiger charge is -1.99. The van der Waals surface area contributed by atoms with Crippen molar-refractivity contribution in [3.63, 3.8) is 0 Å². The Kier molecular flexibility index (Phi) is 3.73. The molecule has 0 atom stereocenters. The molecule has 0 aliphatic heterocycles. The topological polar surface area (TPSA) is 50.4 Å². The molecule has 0 unspecified atom stereocenters. The highest BCUT2D eigenvalue weighted by molar-refractivity contribution is 5.58. The van der Waals surface area contributed by atoms with E-state index < -0.39 is 0 Å². The van der Waals surface area contributed by atoms with E-state index in [0.29, 0.717) is 12.8 Å². The summed E-state index contributed by atoms with van der Waals surface area (Å²) >= 11 is 0. The standard InChI is InChI=1S/C14H14O3/c15-9-1-2-13-7-8-14(17-13)12-5-3-11(10-16)4-6-12/h3-9,16H,1-2,10H2. The summed E-state index contributed by atoms with van der Waals surface area (Å²) in [6, 6.07) is 11.3. The van der Waals surface area contributed by atoms with Crippen LogP contribution in [0.3, 0.4) is 0 Å². The molecule has 1 aromatic heterocycles. The molecule has 2 aromatic rings. The van der Waals surface area contributed by atoms with Gasteiger partial charge in [-0.15, -0.1) is 0 Å². The van der Waals surface area contributed by atoms with Crippen molar-refractivity contribution in [1.29, 1.82) is 0 Å². The third kappa shape index (κ3) is 2.82. The van der Waals surface area contributed by atoms with E-state index in [1.165, 1.54) is 0 Å². The van der Waals surface area contributed by atoms with Crippen molar-refractivity contribution in [3.8, 4) is 11.3 Å². The van der Waals surface area contributed by atoms with E-state index in [0.717, 1.165) is 28.9 Å². The maximum atomic E-state index is 10.3. The molecule has 0 aliphatic carbocycles. The number of carbonyl (C=O) groups excluding carboxylic acids is 1. The number of furan rings is 1. The number of aliphatic hydroxyl groups excluding tert-OH is 1. The normalized spacial score (nSPS) is 10.4.